The van der Waals surface area contributed by atoms with Gasteiger partial charge in [-0.25, -0.2) is 0 Å². The minimum atomic E-state index is -0.363. The smallest absolute Gasteiger partial charge is 0.190 e. The number of aliphatic hydroxyl groups excluding tert-OH is 2. The molecule has 2 aromatic rings. The third kappa shape index (κ3) is 1.57. The van der Waals surface area contributed by atoms with Gasteiger partial charge in [0.2, 0.25) is 0 Å². The third-order valence-corrected chi connectivity index (χ3v) is 2.14. The van der Waals surface area contributed by atoms with Crippen molar-refractivity contribution in [2.24, 2.45) is 0 Å². The molecule has 3 N–H and O–H groups in total. The molecule has 4 heteroatoms. The number of aromatic nitrogens is 1. The van der Waals surface area contributed by atoms with E-state index in [-0.39, 0.29) is 16.9 Å². The van der Waals surface area contributed by atoms with E-state index in [2.05, 4.69) is 4.98 Å². The number of hydrogen-bond acceptors (Lipinski definition) is 3. The monoisotopic (exact) mass is 203 g/mol. The summed E-state index contributed by atoms with van der Waals surface area (Å²) >= 11 is 0. The number of para-hydroxylation sites is 1. The Hall–Kier alpha value is -2.23. The van der Waals surface area contributed by atoms with Crippen LogP contribution in [0, 0.1) is 0 Å². The number of hydrogen-bond donors (Lipinski definition) is 3. The van der Waals surface area contributed by atoms with Crippen LogP contribution in [0.4, 0.5) is 0 Å². The Morgan fingerprint density at radius 1 is 1.33 bits per heavy atom. The molecule has 4 nitrogen and oxygen atoms in total. The van der Waals surface area contributed by atoms with Gasteiger partial charge >= 0.3 is 0 Å². The summed E-state index contributed by atoms with van der Waals surface area (Å²) in [5, 5.41) is 18.4. The van der Waals surface area contributed by atoms with Crippen LogP contribution in [0.3, 0.4) is 0 Å². The first-order chi connectivity index (χ1) is 7.22. The Morgan fingerprint density at radius 2 is 2.07 bits per heavy atom. The summed E-state index contributed by atoms with van der Waals surface area (Å²) in [6, 6.07) is 8.20. The largest absolute Gasteiger partial charge is 0.512 e. The number of benzene rings is 1. The van der Waals surface area contributed by atoms with Gasteiger partial charge < -0.3 is 15.2 Å². The number of aromatic amines is 1. The first-order valence-corrected chi connectivity index (χ1v) is 4.38. The fourth-order valence-electron chi connectivity index (χ4n) is 1.40. The molecule has 1 aromatic carbocycles. The Kier molecular flexibility index (Phi) is 2.17. The van der Waals surface area contributed by atoms with Gasteiger partial charge in [0, 0.05) is 17.0 Å². The van der Waals surface area contributed by atoms with E-state index >= 15 is 0 Å². The van der Waals surface area contributed by atoms with Gasteiger partial charge in [-0.15, -0.1) is 0 Å². The zero-order chi connectivity index (χ0) is 10.8. The third-order valence-electron chi connectivity index (χ3n) is 2.14. The maximum atomic E-state index is 11.6. The van der Waals surface area contributed by atoms with E-state index in [1.807, 2.05) is 0 Å². The fourth-order valence-corrected chi connectivity index (χ4v) is 1.40. The molecule has 0 saturated heterocycles. The number of fused-ring (bicyclic) bond motifs is 1. The van der Waals surface area contributed by atoms with Gasteiger partial charge in [0.05, 0.1) is 5.69 Å². The van der Waals surface area contributed by atoms with Crippen LogP contribution in [0.1, 0.15) is 5.69 Å². The summed E-state index contributed by atoms with van der Waals surface area (Å²) in [6.07, 6.45) is 0.542. The second-order valence-corrected chi connectivity index (χ2v) is 3.11. The number of aliphatic hydroxyl groups is 2. The van der Waals surface area contributed by atoms with Crippen LogP contribution in [-0.4, -0.2) is 15.2 Å². The number of pyridine rings is 1. The Balaban J connectivity index is 2.79. The van der Waals surface area contributed by atoms with Crippen LogP contribution in [0.25, 0.3) is 16.7 Å². The van der Waals surface area contributed by atoms with Gasteiger partial charge in [0.15, 0.2) is 11.2 Å². The summed E-state index contributed by atoms with van der Waals surface area (Å²) in [5.74, 6) is -0.363. The maximum absolute atomic E-state index is 11.6. The van der Waals surface area contributed by atoms with Crippen molar-refractivity contribution in [1.29, 1.82) is 0 Å². The highest BCUT2D eigenvalue weighted by Gasteiger charge is 2.04. The van der Waals surface area contributed by atoms with Gasteiger partial charge in [-0.05, 0) is 12.1 Å². The van der Waals surface area contributed by atoms with Gasteiger partial charge in [-0.2, -0.15) is 0 Å². The van der Waals surface area contributed by atoms with Crippen LogP contribution < -0.4 is 5.43 Å². The van der Waals surface area contributed by atoms with Gasteiger partial charge in [0.25, 0.3) is 0 Å². The second kappa shape index (κ2) is 3.49. The first kappa shape index (κ1) is 9.33. The van der Waals surface area contributed by atoms with Crippen LogP contribution in [0.15, 0.2) is 41.4 Å². The van der Waals surface area contributed by atoms with Crippen LogP contribution >= 0.6 is 0 Å². The van der Waals surface area contributed by atoms with E-state index in [1.54, 1.807) is 24.3 Å². The zero-order valence-electron chi connectivity index (χ0n) is 7.77. The van der Waals surface area contributed by atoms with E-state index in [4.69, 9.17) is 5.11 Å². The van der Waals surface area contributed by atoms with E-state index in [1.165, 1.54) is 6.07 Å². The Labute approximate surface area is 85.1 Å². The highest BCUT2D eigenvalue weighted by atomic mass is 16.3. The quantitative estimate of drug-likeness (QED) is 0.620. The molecule has 15 heavy (non-hydrogen) atoms. The summed E-state index contributed by atoms with van der Waals surface area (Å²) in [6.45, 7) is 0. The molecule has 0 atom stereocenters. The molecule has 2 rings (SSSR count). The minimum Gasteiger partial charge on any atom is -0.512 e. The van der Waals surface area contributed by atoms with E-state index in [9.17, 15) is 9.90 Å². The topological polar surface area (TPSA) is 73.3 Å². The molecule has 0 aliphatic heterocycles. The highest BCUT2D eigenvalue weighted by molar-refractivity contribution is 5.79. The van der Waals surface area contributed by atoms with Gasteiger partial charge in [-0.3, -0.25) is 4.79 Å². The molecule has 0 aliphatic rings. The molecule has 0 spiro atoms. The molecular weight excluding hydrogens is 194 g/mol. The molecule has 1 aromatic heterocycles. The summed E-state index contributed by atoms with van der Waals surface area (Å²) < 4.78 is 0. The van der Waals surface area contributed by atoms with E-state index in [0.717, 1.165) is 0 Å². The summed E-state index contributed by atoms with van der Waals surface area (Å²) in [7, 11) is 0. The highest BCUT2D eigenvalue weighted by Crippen LogP contribution is 2.11. The van der Waals surface area contributed by atoms with Crippen molar-refractivity contribution in [2.45, 2.75) is 0 Å². The van der Waals surface area contributed by atoms with Crippen molar-refractivity contribution in [3.8, 4) is 0 Å². The number of nitrogens with one attached hydrogen (secondary N) is 1. The van der Waals surface area contributed by atoms with Crippen molar-refractivity contribution in [3.05, 3.63) is 52.5 Å². The molecule has 0 saturated carbocycles. The lowest BCUT2D eigenvalue weighted by Crippen LogP contribution is -2.04. The van der Waals surface area contributed by atoms with Crippen LogP contribution in [0.5, 0.6) is 0 Å². The van der Waals surface area contributed by atoms with Crippen molar-refractivity contribution >= 4 is 16.7 Å². The standard InChI is InChI=1S/C11H9NO3/c13-6-11(15)9-5-10(14)7-3-1-2-4-8(7)12-9/h1-6,13,15H,(H,12,14)/b11-6-. The molecular formula is C11H9NO3. The van der Waals surface area contributed by atoms with Gasteiger partial charge in [-0.1, -0.05) is 12.1 Å². The number of rotatable bonds is 1. The summed E-state index contributed by atoms with van der Waals surface area (Å²) in [5.41, 5.74) is 0.613. The molecule has 0 radical (unpaired) electrons. The Morgan fingerprint density at radius 3 is 2.80 bits per heavy atom. The predicted molar refractivity (Wildman–Crippen MR) is 57.8 cm³/mol. The molecule has 76 valence electrons. The fraction of sp³-hybridized carbons (Fsp3) is 0. The molecule has 0 aliphatic carbocycles. The lowest BCUT2D eigenvalue weighted by atomic mass is 10.2. The number of H-pyrrole nitrogens is 1. The van der Waals surface area contributed by atoms with Crippen LogP contribution in [-0.2, 0) is 0 Å². The van der Waals surface area contributed by atoms with Crippen molar-refractivity contribution < 1.29 is 10.2 Å². The van der Waals surface area contributed by atoms with E-state index in [0.29, 0.717) is 17.2 Å². The first-order valence-electron chi connectivity index (χ1n) is 4.38. The SMILES string of the molecule is O=c1cc(/C(O)=C/O)[nH]c2ccccc12. The molecule has 0 amide bonds. The lowest BCUT2D eigenvalue weighted by Gasteiger charge is -2.01. The van der Waals surface area contributed by atoms with Crippen molar-refractivity contribution in [2.75, 3.05) is 0 Å². The zero-order valence-corrected chi connectivity index (χ0v) is 7.77. The average molecular weight is 203 g/mol. The van der Waals surface area contributed by atoms with Gasteiger partial charge in [0.1, 0.15) is 6.26 Å². The lowest BCUT2D eigenvalue weighted by molar-refractivity contribution is 0.430. The minimum absolute atomic E-state index is 0.196. The normalized spacial score (nSPS) is 11.9. The molecule has 0 bridgehead atoms. The molecule has 0 unspecified atom stereocenters. The molecule has 1 heterocycles. The molecule has 0 fully saturated rings. The predicted octanol–water partition coefficient (Wildman–Crippen LogP) is 1.94. The maximum Gasteiger partial charge on any atom is 0.190 e. The van der Waals surface area contributed by atoms with Crippen LogP contribution in [0.2, 0.25) is 0 Å². The average Bonchev–Trinajstić information content (AvgIpc) is 2.28. The van der Waals surface area contributed by atoms with Crippen molar-refractivity contribution in [1.82, 2.24) is 4.98 Å². The van der Waals surface area contributed by atoms with E-state index < -0.39 is 0 Å². The van der Waals surface area contributed by atoms with Crippen molar-refractivity contribution in [3.63, 3.8) is 0 Å². The Bertz CT molecular complexity index is 584. The second-order valence-electron chi connectivity index (χ2n) is 3.11. The summed E-state index contributed by atoms with van der Waals surface area (Å²) in [4.78, 5) is 14.4.